The Morgan fingerprint density at radius 1 is 0.714 bits per heavy atom. The van der Waals surface area contributed by atoms with Crippen molar-refractivity contribution in [3.63, 3.8) is 0 Å². The molecule has 0 aliphatic heterocycles. The molecule has 0 aliphatic carbocycles. The minimum absolute atomic E-state index is 0. The van der Waals surface area contributed by atoms with Crippen molar-refractivity contribution < 1.29 is 0 Å². The molecule has 0 aromatic carbocycles. The van der Waals surface area contributed by atoms with E-state index in [9.17, 15) is 0 Å². The van der Waals surface area contributed by atoms with E-state index in [0.717, 1.165) is 0 Å². The van der Waals surface area contributed by atoms with Crippen molar-refractivity contribution in [2.75, 3.05) is 0 Å². The van der Waals surface area contributed by atoms with Crippen LogP contribution in [0.15, 0.2) is 0 Å². The van der Waals surface area contributed by atoms with E-state index in [1.165, 1.54) is 0 Å². The summed E-state index contributed by atoms with van der Waals surface area (Å²) in [7, 11) is 0. The summed E-state index contributed by atoms with van der Waals surface area (Å²) >= 11 is 24.9. The molecule has 0 spiro atoms. The van der Waals surface area contributed by atoms with Gasteiger partial charge in [0.25, 0.3) is 0 Å². The molecule has 7 heavy (non-hydrogen) atoms. The van der Waals surface area contributed by atoms with Crippen LogP contribution in [0.1, 0.15) is 0 Å². The van der Waals surface area contributed by atoms with E-state index in [1.807, 2.05) is 0 Å². The Hall–Kier alpha value is 2.31. The molecule has 0 heterocycles. The van der Waals surface area contributed by atoms with Gasteiger partial charge in [0.05, 0.1) is 0 Å². The van der Waals surface area contributed by atoms with Crippen molar-refractivity contribution in [3.05, 3.63) is 0 Å². The second-order valence-electron chi connectivity index (χ2n) is 0.639. The predicted molar refractivity (Wildman–Crippen MR) is 47.3 cm³/mol. The molecule has 0 radical (unpaired) electrons. The van der Waals surface area contributed by atoms with Gasteiger partial charge in [-0.15, -0.1) is 0 Å². The smallest absolute Gasteiger partial charge is 0.153 e. The summed E-state index contributed by atoms with van der Waals surface area (Å²) < 4.78 is -3.69. The van der Waals surface area contributed by atoms with Crippen molar-refractivity contribution in [1.82, 2.24) is 0 Å². The van der Waals surface area contributed by atoms with Crippen LogP contribution < -0.4 is 0 Å². The molecule has 0 amide bonds. The average molecular weight is 242 g/mol. The van der Waals surface area contributed by atoms with Crippen LogP contribution in [0.25, 0.3) is 0 Å². The monoisotopic (exact) mass is 240 g/mol. The summed E-state index contributed by atoms with van der Waals surface area (Å²) in [6.07, 6.45) is 0. The normalized spacial score (nSPS) is 16.4. The molecule has 0 saturated carbocycles. The van der Waals surface area contributed by atoms with Gasteiger partial charge in [-0.3, -0.25) is 0 Å². The molecule has 7 heteroatoms. The van der Waals surface area contributed by atoms with E-state index in [0.29, 0.717) is 0 Å². The molecular weight excluding hydrogens is 239 g/mol. The van der Waals surface area contributed by atoms with E-state index < -0.39 is 3.37 Å². The minimum Gasteiger partial charge on any atom is -0.153 e. The van der Waals surface area contributed by atoms with Gasteiger partial charge in [0.15, 0.2) is 0 Å². The summed E-state index contributed by atoms with van der Waals surface area (Å²) in [5.74, 6) is 0. The summed E-state index contributed by atoms with van der Waals surface area (Å²) in [6, 6.07) is 0. The van der Waals surface area contributed by atoms with Crippen molar-refractivity contribution in [1.29, 1.82) is 0 Å². The molecule has 0 saturated heterocycles. The van der Waals surface area contributed by atoms with Gasteiger partial charge in [-0.2, -0.15) is 9.90 Å². The molecule has 48 valence electrons. The third kappa shape index (κ3) is 62.0. The van der Waals surface area contributed by atoms with Gasteiger partial charge in [0, 0.05) is 0 Å². The standard InChI is InChI=1S/Cl5P.H3P/c1-6(2,3,4)5;/h;1H3. The van der Waals surface area contributed by atoms with Gasteiger partial charge in [-0.25, -0.2) is 0 Å². The number of hydrogen-bond acceptors (Lipinski definition) is 0. The number of hydrogen-bond donors (Lipinski definition) is 0. The minimum atomic E-state index is -3.69. The Labute approximate surface area is 69.3 Å². The van der Waals surface area contributed by atoms with Crippen LogP contribution in [0.5, 0.6) is 0 Å². The molecule has 1 atom stereocenters. The summed E-state index contributed by atoms with van der Waals surface area (Å²) in [6.45, 7) is 0. The van der Waals surface area contributed by atoms with Crippen LogP contribution in [0, 0.1) is 0 Å². The Kier molecular flexibility index (Phi) is 5.04. The Bertz CT molecular complexity index is 39.3. The van der Waals surface area contributed by atoms with Gasteiger partial charge < -0.3 is 0 Å². The van der Waals surface area contributed by atoms with Crippen molar-refractivity contribution >= 4 is 69.5 Å². The molecule has 0 N–H and O–H groups in total. The summed E-state index contributed by atoms with van der Waals surface area (Å²) in [4.78, 5) is 0. The van der Waals surface area contributed by atoms with E-state index in [2.05, 4.69) is 0 Å². The van der Waals surface area contributed by atoms with Crippen LogP contribution in [0.3, 0.4) is 0 Å². The molecule has 0 aliphatic rings. The fraction of sp³-hybridized carbons (Fsp3) is 0. The first kappa shape index (κ1) is 12.0. The zero-order chi connectivity index (χ0) is 5.45. The summed E-state index contributed by atoms with van der Waals surface area (Å²) in [5, 5.41) is 0. The molecule has 0 aromatic heterocycles. The predicted octanol–water partition coefficient (Wildman–Crippen LogP) is 4.37. The first-order chi connectivity index (χ1) is 2.24. The molecular formula is H3Cl5P2. The van der Waals surface area contributed by atoms with E-state index in [4.69, 9.17) is 56.2 Å². The maximum atomic E-state index is 4.98. The number of halogens is 5. The maximum Gasteiger partial charge on any atom is -0.153 e. The first-order valence-electron chi connectivity index (χ1n) is 0.845. The molecule has 0 rings (SSSR count). The molecule has 0 fully saturated rings. The topological polar surface area (TPSA) is 0 Å². The van der Waals surface area contributed by atoms with E-state index in [1.54, 1.807) is 0 Å². The molecule has 0 bridgehead atoms. The van der Waals surface area contributed by atoms with Gasteiger partial charge in [-0.1, -0.05) is 0 Å². The van der Waals surface area contributed by atoms with Crippen LogP contribution in [0.2, 0.25) is 0 Å². The number of rotatable bonds is 0. The maximum absolute atomic E-state index is 4.98. The van der Waals surface area contributed by atoms with Gasteiger partial charge in [0.1, 0.15) is 0 Å². The fourth-order valence-electron chi connectivity index (χ4n) is 0. The Balaban J connectivity index is 0. The van der Waals surface area contributed by atoms with E-state index in [-0.39, 0.29) is 9.90 Å². The van der Waals surface area contributed by atoms with Gasteiger partial charge in [-0.05, 0) is 0 Å². The Morgan fingerprint density at radius 3 is 0.714 bits per heavy atom. The van der Waals surface area contributed by atoms with Gasteiger partial charge >= 0.3 is 59.6 Å². The Morgan fingerprint density at radius 2 is 0.714 bits per heavy atom. The summed E-state index contributed by atoms with van der Waals surface area (Å²) in [5.41, 5.74) is 0. The van der Waals surface area contributed by atoms with Crippen LogP contribution in [-0.2, 0) is 0 Å². The quantitative estimate of drug-likeness (QED) is 0.553. The largest absolute Gasteiger partial charge is 0.153 e. The SMILES string of the molecule is ClP(Cl)(Cl)(Cl)Cl.P. The van der Waals surface area contributed by atoms with Crippen LogP contribution in [-0.4, -0.2) is 0 Å². The van der Waals surface area contributed by atoms with Crippen molar-refractivity contribution in [2.24, 2.45) is 0 Å². The first-order valence-corrected chi connectivity index (χ1v) is 7.61. The molecule has 1 unspecified atom stereocenters. The van der Waals surface area contributed by atoms with Crippen molar-refractivity contribution in [3.8, 4) is 0 Å². The molecule has 0 aromatic rings. The van der Waals surface area contributed by atoms with Gasteiger partial charge in [0.2, 0.25) is 0 Å². The third-order valence-corrected chi connectivity index (χ3v) is 0. The fourth-order valence-corrected chi connectivity index (χ4v) is 0. The zero-order valence-electron chi connectivity index (χ0n) is 3.04. The second kappa shape index (κ2) is 2.93. The van der Waals surface area contributed by atoms with Crippen LogP contribution >= 0.6 is 69.5 Å². The zero-order valence-corrected chi connectivity index (χ0v) is 9.13. The average Bonchev–Trinajstić information content (AvgIpc) is 0.650. The molecule has 0 nitrogen and oxygen atoms in total. The third-order valence-electron chi connectivity index (χ3n) is 0. The van der Waals surface area contributed by atoms with E-state index >= 15 is 0 Å². The van der Waals surface area contributed by atoms with Crippen molar-refractivity contribution in [2.45, 2.75) is 0 Å². The van der Waals surface area contributed by atoms with Crippen LogP contribution in [0.4, 0.5) is 0 Å². The second-order valence-corrected chi connectivity index (χ2v) is 17.2.